The van der Waals surface area contributed by atoms with Crippen LogP contribution in [0.4, 0.5) is 5.69 Å². The summed E-state index contributed by atoms with van der Waals surface area (Å²) in [5.74, 6) is -0.488. The number of hydrogen-bond donors (Lipinski definition) is 1. The molecule has 0 heterocycles. The van der Waals surface area contributed by atoms with Crippen molar-refractivity contribution in [3.8, 4) is 5.75 Å². The van der Waals surface area contributed by atoms with E-state index in [4.69, 9.17) is 39.5 Å². The van der Waals surface area contributed by atoms with Gasteiger partial charge in [-0.15, -0.1) is 0 Å². The van der Waals surface area contributed by atoms with Gasteiger partial charge in [-0.05, 0) is 17.7 Å². The summed E-state index contributed by atoms with van der Waals surface area (Å²) in [5.41, 5.74) is 0.619. The second-order valence-corrected chi connectivity index (χ2v) is 7.42. The summed E-state index contributed by atoms with van der Waals surface area (Å²) in [6, 6.07) is 14.4. The second kappa shape index (κ2) is 8.89. The van der Waals surface area contributed by atoms with E-state index in [0.29, 0.717) is 0 Å². The van der Waals surface area contributed by atoms with Crippen LogP contribution in [0.3, 0.4) is 0 Å². The Balaban J connectivity index is 2.10. The minimum absolute atomic E-state index is 0.0721. The van der Waals surface area contributed by atoms with E-state index >= 15 is 0 Å². The van der Waals surface area contributed by atoms with Crippen LogP contribution in [0, 0.1) is 10.1 Å². The third-order valence-electron chi connectivity index (χ3n) is 3.08. The van der Waals surface area contributed by atoms with E-state index < -0.39 is 20.9 Å². The number of benzene rings is 2. The molecule has 0 aliphatic rings. The van der Waals surface area contributed by atoms with Crippen LogP contribution in [0.15, 0.2) is 60.7 Å². The van der Waals surface area contributed by atoms with Gasteiger partial charge in [-0.3, -0.25) is 14.9 Å². The summed E-state index contributed by atoms with van der Waals surface area (Å²) in [6.45, 7) is 0. The molecule has 6 nitrogen and oxygen atoms in total. The predicted molar refractivity (Wildman–Crippen MR) is 101 cm³/mol. The van der Waals surface area contributed by atoms with Crippen molar-refractivity contribution < 1.29 is 14.5 Å². The Bertz CT molecular complexity index is 807. The molecule has 0 radical (unpaired) electrons. The molecule has 0 saturated heterocycles. The van der Waals surface area contributed by atoms with E-state index in [2.05, 4.69) is 5.32 Å². The van der Waals surface area contributed by atoms with Gasteiger partial charge in [-0.2, -0.15) is 0 Å². The van der Waals surface area contributed by atoms with Crippen molar-refractivity contribution in [2.45, 2.75) is 10.0 Å². The fraction of sp³-hybridized carbons (Fsp3) is 0.118. The SMILES string of the molecule is O=C(/C=C/c1ccccc1)N[C@H](Oc1cccc([N+](=O)[O-])c1)C(Cl)(Cl)Cl. The summed E-state index contributed by atoms with van der Waals surface area (Å²) in [5, 5.41) is 13.2. The standard InChI is InChI=1S/C17H13Cl3N2O4/c18-17(19,20)16(26-14-8-4-7-13(11-14)22(24)25)21-15(23)10-9-12-5-2-1-3-6-12/h1-11,16H,(H,21,23)/b10-9+/t16-/m1/s1. The zero-order valence-electron chi connectivity index (χ0n) is 13.1. The molecule has 2 aromatic rings. The average Bonchev–Trinajstić information content (AvgIpc) is 2.60. The summed E-state index contributed by atoms with van der Waals surface area (Å²) >= 11 is 17.5. The maximum absolute atomic E-state index is 12.1. The van der Waals surface area contributed by atoms with Gasteiger partial charge in [-0.1, -0.05) is 71.2 Å². The third-order valence-corrected chi connectivity index (χ3v) is 3.67. The number of amides is 1. The normalized spacial score (nSPS) is 12.6. The molecule has 1 atom stereocenters. The maximum Gasteiger partial charge on any atom is 0.273 e. The molecule has 0 fully saturated rings. The van der Waals surface area contributed by atoms with E-state index in [-0.39, 0.29) is 11.4 Å². The molecule has 0 unspecified atom stereocenters. The van der Waals surface area contributed by atoms with Gasteiger partial charge in [0.1, 0.15) is 5.75 Å². The lowest BCUT2D eigenvalue weighted by Crippen LogP contribution is -2.47. The Morgan fingerprint density at radius 1 is 1.15 bits per heavy atom. The van der Waals surface area contributed by atoms with Crippen LogP contribution in [0.25, 0.3) is 6.08 Å². The van der Waals surface area contributed by atoms with Crippen LogP contribution in [-0.2, 0) is 4.79 Å². The first-order chi connectivity index (χ1) is 12.3. The number of ether oxygens (including phenoxy) is 1. The molecule has 0 spiro atoms. The van der Waals surface area contributed by atoms with Gasteiger partial charge in [0.2, 0.25) is 15.9 Å². The first kappa shape index (κ1) is 20.0. The van der Waals surface area contributed by atoms with Crippen LogP contribution in [0.5, 0.6) is 5.75 Å². The minimum atomic E-state index is -2.00. The van der Waals surface area contributed by atoms with Crippen molar-refractivity contribution in [3.05, 3.63) is 76.4 Å². The Hall–Kier alpha value is -2.28. The van der Waals surface area contributed by atoms with Crippen molar-refractivity contribution in [2.75, 3.05) is 0 Å². The highest BCUT2D eigenvalue weighted by atomic mass is 35.6. The van der Waals surface area contributed by atoms with E-state index in [0.717, 1.165) is 11.6 Å². The van der Waals surface area contributed by atoms with Gasteiger partial charge in [0, 0.05) is 12.1 Å². The molecular formula is C17H13Cl3N2O4. The van der Waals surface area contributed by atoms with Gasteiger partial charge in [0.15, 0.2) is 0 Å². The number of hydrogen-bond acceptors (Lipinski definition) is 4. The van der Waals surface area contributed by atoms with Gasteiger partial charge in [0.05, 0.1) is 11.0 Å². The predicted octanol–water partition coefficient (Wildman–Crippen LogP) is 4.50. The van der Waals surface area contributed by atoms with Crippen molar-refractivity contribution in [2.24, 2.45) is 0 Å². The molecule has 0 saturated carbocycles. The summed E-state index contributed by atoms with van der Waals surface area (Å²) in [7, 11) is 0. The number of nitrogens with one attached hydrogen (secondary N) is 1. The van der Waals surface area contributed by atoms with Crippen molar-refractivity contribution in [3.63, 3.8) is 0 Å². The van der Waals surface area contributed by atoms with E-state index in [9.17, 15) is 14.9 Å². The number of nitro groups is 1. The number of carbonyl (C=O) groups excluding carboxylic acids is 1. The van der Waals surface area contributed by atoms with Gasteiger partial charge < -0.3 is 10.1 Å². The van der Waals surface area contributed by atoms with Crippen LogP contribution in [0.2, 0.25) is 0 Å². The molecule has 136 valence electrons. The Morgan fingerprint density at radius 3 is 2.46 bits per heavy atom. The fourth-order valence-corrected chi connectivity index (χ4v) is 2.20. The number of rotatable bonds is 6. The molecule has 0 aromatic heterocycles. The lowest BCUT2D eigenvalue weighted by molar-refractivity contribution is -0.384. The summed E-state index contributed by atoms with van der Waals surface area (Å²) < 4.78 is 3.43. The maximum atomic E-state index is 12.1. The minimum Gasteiger partial charge on any atom is -0.466 e. The van der Waals surface area contributed by atoms with Gasteiger partial charge in [-0.25, -0.2) is 0 Å². The van der Waals surface area contributed by atoms with Crippen LogP contribution >= 0.6 is 34.8 Å². The topological polar surface area (TPSA) is 81.5 Å². The molecule has 0 bridgehead atoms. The van der Waals surface area contributed by atoms with Crippen molar-refractivity contribution in [1.29, 1.82) is 0 Å². The number of halogens is 3. The lowest BCUT2D eigenvalue weighted by Gasteiger charge is -2.25. The molecule has 2 rings (SSSR count). The summed E-state index contributed by atoms with van der Waals surface area (Å²) in [6.07, 6.45) is 1.48. The smallest absolute Gasteiger partial charge is 0.273 e. The average molecular weight is 416 g/mol. The van der Waals surface area contributed by atoms with Crippen LogP contribution in [-0.4, -0.2) is 20.9 Å². The number of nitro benzene ring substituents is 1. The Morgan fingerprint density at radius 2 is 1.85 bits per heavy atom. The highest BCUT2D eigenvalue weighted by molar-refractivity contribution is 6.68. The quantitative estimate of drug-likeness (QED) is 0.248. The molecule has 1 amide bonds. The van der Waals surface area contributed by atoms with Crippen LogP contribution < -0.4 is 10.1 Å². The number of non-ortho nitro benzene ring substituents is 1. The molecule has 0 aliphatic carbocycles. The molecule has 0 aliphatic heterocycles. The van der Waals surface area contributed by atoms with Gasteiger partial charge >= 0.3 is 0 Å². The second-order valence-electron chi connectivity index (χ2n) is 5.05. The zero-order chi connectivity index (χ0) is 19.2. The first-order valence-electron chi connectivity index (χ1n) is 7.27. The highest BCUT2D eigenvalue weighted by Gasteiger charge is 2.36. The first-order valence-corrected chi connectivity index (χ1v) is 8.40. The highest BCUT2D eigenvalue weighted by Crippen LogP contribution is 2.32. The molecule has 2 aromatic carbocycles. The van der Waals surface area contributed by atoms with Crippen molar-refractivity contribution in [1.82, 2.24) is 5.32 Å². The third kappa shape index (κ3) is 6.22. The number of nitrogens with zero attached hydrogens (tertiary/aromatic N) is 1. The monoisotopic (exact) mass is 414 g/mol. The largest absolute Gasteiger partial charge is 0.466 e. The van der Waals surface area contributed by atoms with Crippen LogP contribution in [0.1, 0.15) is 5.56 Å². The molecule has 1 N–H and O–H groups in total. The Labute approximate surface area is 164 Å². The number of carbonyl (C=O) groups is 1. The fourth-order valence-electron chi connectivity index (χ4n) is 1.90. The molecule has 26 heavy (non-hydrogen) atoms. The van der Waals surface area contributed by atoms with Gasteiger partial charge in [0.25, 0.3) is 5.69 Å². The Kier molecular flexibility index (Phi) is 6.85. The molecule has 9 heteroatoms. The summed E-state index contributed by atoms with van der Waals surface area (Å²) in [4.78, 5) is 22.3. The zero-order valence-corrected chi connectivity index (χ0v) is 15.4. The number of alkyl halides is 3. The molecular weight excluding hydrogens is 403 g/mol. The van der Waals surface area contributed by atoms with E-state index in [1.54, 1.807) is 6.08 Å². The van der Waals surface area contributed by atoms with E-state index in [1.807, 2.05) is 30.3 Å². The van der Waals surface area contributed by atoms with Crippen molar-refractivity contribution >= 4 is 52.5 Å². The van der Waals surface area contributed by atoms with E-state index in [1.165, 1.54) is 24.3 Å². The lowest BCUT2D eigenvalue weighted by atomic mass is 10.2.